The Balaban J connectivity index is 1.40. The fourth-order valence-electron chi connectivity index (χ4n) is 4.00. The number of alkyl halides is 1. The molecule has 3 N–H and O–H groups in total. The highest BCUT2D eigenvalue weighted by atomic mass is 19.1. The zero-order valence-electron chi connectivity index (χ0n) is 17.4. The van der Waals surface area contributed by atoms with Crippen molar-refractivity contribution in [3.8, 4) is 0 Å². The first kappa shape index (κ1) is 20.4. The fraction of sp³-hybridized carbons (Fsp3) is 0.227. The molecule has 1 amide bonds. The highest BCUT2D eigenvalue weighted by Gasteiger charge is 2.30. The average molecular weight is 433 g/mol. The van der Waals surface area contributed by atoms with Crippen LogP contribution in [-0.2, 0) is 17.8 Å². The summed E-state index contributed by atoms with van der Waals surface area (Å²) in [4.78, 5) is 23.2. The van der Waals surface area contributed by atoms with Crippen LogP contribution in [0.25, 0.3) is 0 Å². The molecule has 5 rings (SSSR count). The van der Waals surface area contributed by atoms with Crippen molar-refractivity contribution in [1.82, 2.24) is 14.9 Å². The minimum atomic E-state index is -0.887. The second-order valence-electron chi connectivity index (χ2n) is 7.81. The Hall–Kier alpha value is -3.50. The number of carbonyl (C=O) groups excluding carboxylic acids is 1. The van der Waals surface area contributed by atoms with Gasteiger partial charge in [0.2, 0.25) is 5.95 Å². The number of rotatable bonds is 6. The number of hydrogen-bond donors (Lipinski definition) is 3. The van der Waals surface area contributed by atoms with Crippen LogP contribution in [0.4, 0.5) is 27.5 Å². The predicted octanol–water partition coefficient (Wildman–Crippen LogP) is 2.42. The molecular weight excluding hydrogens is 412 g/mol. The van der Waals surface area contributed by atoms with Crippen molar-refractivity contribution in [3.63, 3.8) is 0 Å². The quantitative estimate of drug-likeness (QED) is 0.514. The standard InChI is InChI=1S/C22H21BFN5O3/c1-13-10-25-22(26-16-5-6-17-15(9-16)12-32-23(17)31)28-20(13)27-18-4-2-3-14-11-29(8-7-24)21(30)19(14)18/h2-6,9-10,31H,7-8,11-12H2,1H3,(H2,25,26,27,28). The summed E-state index contributed by atoms with van der Waals surface area (Å²) in [5.41, 5.74) is 5.28. The van der Waals surface area contributed by atoms with Crippen LogP contribution in [-0.4, -0.2) is 46.1 Å². The summed E-state index contributed by atoms with van der Waals surface area (Å²) in [6, 6.07) is 11.1. The molecule has 1 aromatic heterocycles. The fourth-order valence-corrected chi connectivity index (χ4v) is 4.00. The Bertz CT molecular complexity index is 1210. The van der Waals surface area contributed by atoms with Crippen LogP contribution < -0.4 is 16.1 Å². The molecule has 0 atom stereocenters. The molecule has 0 spiro atoms. The molecule has 162 valence electrons. The zero-order valence-corrected chi connectivity index (χ0v) is 17.4. The van der Waals surface area contributed by atoms with Gasteiger partial charge >= 0.3 is 7.12 Å². The summed E-state index contributed by atoms with van der Waals surface area (Å²) in [5, 5.41) is 16.2. The van der Waals surface area contributed by atoms with Crippen molar-refractivity contribution < 1.29 is 18.9 Å². The molecule has 0 bridgehead atoms. The summed E-state index contributed by atoms with van der Waals surface area (Å²) >= 11 is 0. The number of fused-ring (bicyclic) bond motifs is 2. The number of carbonyl (C=O) groups is 1. The smallest absolute Gasteiger partial charge is 0.423 e. The normalized spacial score (nSPS) is 14.5. The Labute approximate surface area is 184 Å². The molecule has 0 unspecified atom stereocenters. The van der Waals surface area contributed by atoms with Crippen molar-refractivity contribution in [2.75, 3.05) is 23.9 Å². The van der Waals surface area contributed by atoms with E-state index < -0.39 is 13.8 Å². The highest BCUT2D eigenvalue weighted by molar-refractivity contribution is 6.61. The van der Waals surface area contributed by atoms with Crippen molar-refractivity contribution in [3.05, 3.63) is 64.8 Å². The van der Waals surface area contributed by atoms with E-state index in [2.05, 4.69) is 20.6 Å². The Morgan fingerprint density at radius 2 is 2.12 bits per heavy atom. The van der Waals surface area contributed by atoms with Crippen LogP contribution in [0.3, 0.4) is 0 Å². The molecule has 2 aromatic carbocycles. The van der Waals surface area contributed by atoms with Crippen LogP contribution in [0.5, 0.6) is 0 Å². The molecule has 2 aliphatic rings. The molecule has 2 aliphatic heterocycles. The van der Waals surface area contributed by atoms with E-state index in [0.717, 1.165) is 27.8 Å². The molecule has 0 fully saturated rings. The second-order valence-corrected chi connectivity index (χ2v) is 7.81. The zero-order chi connectivity index (χ0) is 22.2. The topological polar surface area (TPSA) is 99.6 Å². The largest absolute Gasteiger partial charge is 0.491 e. The van der Waals surface area contributed by atoms with Crippen molar-refractivity contribution >= 4 is 41.6 Å². The van der Waals surface area contributed by atoms with Gasteiger partial charge in [-0.15, -0.1) is 0 Å². The van der Waals surface area contributed by atoms with Crippen LogP contribution in [0.1, 0.15) is 27.0 Å². The van der Waals surface area contributed by atoms with Crippen LogP contribution in [0, 0.1) is 6.92 Å². The maximum atomic E-state index is 12.8. The van der Waals surface area contributed by atoms with Gasteiger partial charge in [0, 0.05) is 30.5 Å². The van der Waals surface area contributed by atoms with Gasteiger partial charge in [0.15, 0.2) is 0 Å². The van der Waals surface area contributed by atoms with Gasteiger partial charge in [-0.05, 0) is 41.7 Å². The number of benzene rings is 2. The lowest BCUT2D eigenvalue weighted by atomic mass is 9.79. The van der Waals surface area contributed by atoms with Gasteiger partial charge in [-0.25, -0.2) is 9.37 Å². The van der Waals surface area contributed by atoms with Gasteiger partial charge in [-0.2, -0.15) is 4.98 Å². The van der Waals surface area contributed by atoms with E-state index in [1.165, 1.54) is 4.90 Å². The van der Waals surface area contributed by atoms with Crippen LogP contribution in [0.15, 0.2) is 42.6 Å². The molecule has 0 saturated carbocycles. The maximum Gasteiger partial charge on any atom is 0.491 e. The molecule has 0 radical (unpaired) electrons. The predicted molar refractivity (Wildman–Crippen MR) is 119 cm³/mol. The summed E-state index contributed by atoms with van der Waals surface area (Å²) in [7, 11) is -0.887. The van der Waals surface area contributed by atoms with Gasteiger partial charge in [0.1, 0.15) is 12.5 Å². The van der Waals surface area contributed by atoms with Crippen molar-refractivity contribution in [2.45, 2.75) is 20.1 Å². The van der Waals surface area contributed by atoms with Gasteiger partial charge in [0.25, 0.3) is 5.91 Å². The number of nitrogens with one attached hydrogen (secondary N) is 2. The molecular formula is C22H21BFN5O3. The molecule has 3 heterocycles. The minimum Gasteiger partial charge on any atom is -0.423 e. The molecule has 3 aromatic rings. The number of amides is 1. The van der Waals surface area contributed by atoms with E-state index in [1.807, 2.05) is 43.3 Å². The van der Waals surface area contributed by atoms with E-state index in [0.29, 0.717) is 36.2 Å². The lowest BCUT2D eigenvalue weighted by Gasteiger charge is -2.14. The number of hydrogen-bond acceptors (Lipinski definition) is 7. The number of nitrogens with zero attached hydrogens (tertiary/aromatic N) is 3. The molecule has 8 nitrogen and oxygen atoms in total. The second kappa shape index (κ2) is 8.21. The van der Waals surface area contributed by atoms with E-state index in [4.69, 9.17) is 4.65 Å². The van der Waals surface area contributed by atoms with E-state index in [9.17, 15) is 14.2 Å². The first-order chi connectivity index (χ1) is 15.5. The van der Waals surface area contributed by atoms with Gasteiger partial charge in [0.05, 0.1) is 17.9 Å². The molecule has 0 saturated heterocycles. The monoisotopic (exact) mass is 433 g/mol. The maximum absolute atomic E-state index is 12.8. The third-order valence-electron chi connectivity index (χ3n) is 5.65. The van der Waals surface area contributed by atoms with Crippen molar-refractivity contribution in [2.24, 2.45) is 0 Å². The third-order valence-corrected chi connectivity index (χ3v) is 5.65. The van der Waals surface area contributed by atoms with Crippen molar-refractivity contribution in [1.29, 1.82) is 0 Å². The SMILES string of the molecule is Cc1cnc(Nc2ccc3c(c2)COB3O)nc1Nc1cccc2c1C(=O)N(CCF)C2. The Kier molecular flexibility index (Phi) is 5.24. The third kappa shape index (κ3) is 3.67. The molecule has 32 heavy (non-hydrogen) atoms. The lowest BCUT2D eigenvalue weighted by Crippen LogP contribution is -2.27. The summed E-state index contributed by atoms with van der Waals surface area (Å²) < 4.78 is 18.0. The summed E-state index contributed by atoms with van der Waals surface area (Å²) in [5.74, 6) is 0.761. The molecule has 0 aliphatic carbocycles. The lowest BCUT2D eigenvalue weighted by molar-refractivity contribution is 0.0769. The van der Waals surface area contributed by atoms with Crippen LogP contribution in [0.2, 0.25) is 0 Å². The highest BCUT2D eigenvalue weighted by Crippen LogP contribution is 2.31. The minimum absolute atomic E-state index is 0.0798. The van der Waals surface area contributed by atoms with Gasteiger partial charge < -0.3 is 25.2 Å². The number of aryl methyl sites for hydroxylation is 1. The Morgan fingerprint density at radius 3 is 2.97 bits per heavy atom. The van der Waals surface area contributed by atoms with E-state index in [1.54, 1.807) is 6.20 Å². The van der Waals surface area contributed by atoms with Gasteiger partial charge in [-0.1, -0.05) is 18.2 Å². The number of anilines is 4. The summed E-state index contributed by atoms with van der Waals surface area (Å²) in [6.45, 7) is 2.13. The van der Waals surface area contributed by atoms with E-state index >= 15 is 0 Å². The Morgan fingerprint density at radius 1 is 1.25 bits per heavy atom. The average Bonchev–Trinajstić information content (AvgIpc) is 3.31. The number of aromatic nitrogens is 2. The van der Waals surface area contributed by atoms with Gasteiger partial charge in [-0.3, -0.25) is 4.79 Å². The first-order valence-corrected chi connectivity index (χ1v) is 10.3. The van der Waals surface area contributed by atoms with E-state index in [-0.39, 0.29) is 12.5 Å². The first-order valence-electron chi connectivity index (χ1n) is 10.3. The number of halogens is 1. The van der Waals surface area contributed by atoms with Crippen LogP contribution >= 0.6 is 0 Å². The summed E-state index contributed by atoms with van der Waals surface area (Å²) in [6.07, 6.45) is 1.69. The molecule has 10 heteroatoms.